The maximum Gasteiger partial charge on any atom is 0.408 e. The molecule has 0 bridgehead atoms. The summed E-state index contributed by atoms with van der Waals surface area (Å²) in [7, 11) is -1.83. The van der Waals surface area contributed by atoms with Gasteiger partial charge in [0.1, 0.15) is 12.6 Å². The minimum atomic E-state index is -3.36. The second kappa shape index (κ2) is 11.9. The van der Waals surface area contributed by atoms with Gasteiger partial charge in [0.05, 0.1) is 6.26 Å². The maximum atomic E-state index is 13.2. The average Bonchev–Trinajstić information content (AvgIpc) is 2.73. The molecule has 0 spiro atoms. The van der Waals surface area contributed by atoms with Crippen LogP contribution >= 0.6 is 0 Å². The van der Waals surface area contributed by atoms with Crippen LogP contribution in [0.25, 0.3) is 0 Å². The molecule has 168 valence electrons. The number of rotatable bonds is 10. The lowest BCUT2D eigenvalue weighted by atomic mass is 10.0. The largest absolute Gasteiger partial charge is 0.445 e. The van der Waals surface area contributed by atoms with Crippen LogP contribution in [-0.2, 0) is 30.9 Å². The molecule has 0 saturated carbocycles. The van der Waals surface area contributed by atoms with Crippen LogP contribution in [0.2, 0.25) is 0 Å². The van der Waals surface area contributed by atoms with Gasteiger partial charge in [-0.15, -0.1) is 0 Å². The first-order valence-electron chi connectivity index (χ1n) is 10.0. The van der Waals surface area contributed by atoms with E-state index in [0.717, 1.165) is 24.7 Å². The molecule has 0 aliphatic carbocycles. The van der Waals surface area contributed by atoms with Gasteiger partial charge in [-0.1, -0.05) is 30.3 Å². The van der Waals surface area contributed by atoms with Crippen LogP contribution in [0.3, 0.4) is 0 Å². The summed E-state index contributed by atoms with van der Waals surface area (Å²) >= 11 is 0. The van der Waals surface area contributed by atoms with Gasteiger partial charge in [0.15, 0.2) is 0 Å². The third-order valence-corrected chi connectivity index (χ3v) is 5.60. The van der Waals surface area contributed by atoms with Crippen molar-refractivity contribution in [2.75, 3.05) is 33.1 Å². The smallest absolute Gasteiger partial charge is 0.408 e. The van der Waals surface area contributed by atoms with Crippen molar-refractivity contribution in [3.05, 3.63) is 35.9 Å². The number of carbonyl (C=O) groups excluding carboxylic acids is 2. The molecule has 2 unspecified atom stereocenters. The highest BCUT2D eigenvalue weighted by Gasteiger charge is 2.32. The number of amides is 2. The number of benzene rings is 1. The second-order valence-corrected chi connectivity index (χ2v) is 9.17. The summed E-state index contributed by atoms with van der Waals surface area (Å²) in [6.07, 6.45) is 3.14. The molecule has 0 aromatic heterocycles. The predicted molar refractivity (Wildman–Crippen MR) is 112 cm³/mol. The van der Waals surface area contributed by atoms with E-state index in [0.29, 0.717) is 19.4 Å². The van der Waals surface area contributed by atoms with Crippen molar-refractivity contribution in [2.45, 2.75) is 44.4 Å². The summed E-state index contributed by atoms with van der Waals surface area (Å²) in [4.78, 5) is 27.1. The third-order valence-electron chi connectivity index (χ3n) is 4.90. The molecule has 1 aliphatic heterocycles. The Balaban J connectivity index is 2.00. The number of carbonyl (C=O) groups is 2. The molecule has 10 heteroatoms. The summed E-state index contributed by atoms with van der Waals surface area (Å²) in [5.74, 6) is -0.260. The number of alkyl carbamates (subject to hydrolysis) is 1. The van der Waals surface area contributed by atoms with E-state index in [-0.39, 0.29) is 31.7 Å². The van der Waals surface area contributed by atoms with Crippen LogP contribution in [0.4, 0.5) is 4.79 Å². The van der Waals surface area contributed by atoms with E-state index in [1.807, 2.05) is 30.3 Å². The Bertz CT molecular complexity index is 787. The molecule has 1 saturated heterocycles. The van der Waals surface area contributed by atoms with Crippen molar-refractivity contribution in [2.24, 2.45) is 0 Å². The molecule has 2 atom stereocenters. The van der Waals surface area contributed by atoms with Gasteiger partial charge < -0.3 is 19.7 Å². The van der Waals surface area contributed by atoms with Crippen LogP contribution in [-0.4, -0.2) is 70.5 Å². The first-order valence-corrected chi connectivity index (χ1v) is 11.9. The first kappa shape index (κ1) is 24.1. The van der Waals surface area contributed by atoms with Crippen LogP contribution < -0.4 is 10.0 Å². The summed E-state index contributed by atoms with van der Waals surface area (Å²) in [5.41, 5.74) is 0.843. The Labute approximate surface area is 178 Å². The SMILES string of the molecule is COCCC(NC(=O)OCc1ccccc1)C(=O)N1CCCCC1CNS(C)(=O)=O. The third kappa shape index (κ3) is 8.29. The van der Waals surface area contributed by atoms with Gasteiger partial charge in [0, 0.05) is 39.3 Å². The van der Waals surface area contributed by atoms with Crippen molar-refractivity contribution in [3.8, 4) is 0 Å². The highest BCUT2D eigenvalue weighted by Crippen LogP contribution is 2.18. The minimum absolute atomic E-state index is 0.0997. The van der Waals surface area contributed by atoms with Crippen molar-refractivity contribution in [1.82, 2.24) is 14.9 Å². The van der Waals surface area contributed by atoms with Gasteiger partial charge in [-0.05, 0) is 24.8 Å². The van der Waals surface area contributed by atoms with Gasteiger partial charge in [-0.3, -0.25) is 4.79 Å². The number of likely N-dealkylation sites (tertiary alicyclic amines) is 1. The highest BCUT2D eigenvalue weighted by molar-refractivity contribution is 7.88. The molecule has 1 aromatic carbocycles. The molecule has 1 aromatic rings. The normalized spacial score (nSPS) is 17.9. The van der Waals surface area contributed by atoms with Gasteiger partial charge >= 0.3 is 6.09 Å². The maximum absolute atomic E-state index is 13.2. The lowest BCUT2D eigenvalue weighted by Gasteiger charge is -2.38. The fourth-order valence-electron chi connectivity index (χ4n) is 3.35. The Morgan fingerprint density at radius 2 is 1.97 bits per heavy atom. The molecular weight excluding hydrogens is 410 g/mol. The Morgan fingerprint density at radius 3 is 2.63 bits per heavy atom. The molecule has 1 aliphatic rings. The van der Waals surface area contributed by atoms with Gasteiger partial charge in [-0.2, -0.15) is 0 Å². The first-order chi connectivity index (χ1) is 14.3. The van der Waals surface area contributed by atoms with E-state index in [4.69, 9.17) is 9.47 Å². The summed E-state index contributed by atoms with van der Waals surface area (Å²) in [6, 6.07) is 8.18. The van der Waals surface area contributed by atoms with Crippen LogP contribution in [0.5, 0.6) is 0 Å². The van der Waals surface area contributed by atoms with E-state index >= 15 is 0 Å². The van der Waals surface area contributed by atoms with Crippen molar-refractivity contribution in [1.29, 1.82) is 0 Å². The Hall–Kier alpha value is -2.17. The molecule has 0 radical (unpaired) electrons. The number of methoxy groups -OCH3 is 1. The van der Waals surface area contributed by atoms with Crippen LogP contribution in [0, 0.1) is 0 Å². The summed E-state index contributed by atoms with van der Waals surface area (Å²) < 4.78 is 35.7. The number of hydrogen-bond acceptors (Lipinski definition) is 6. The minimum Gasteiger partial charge on any atom is -0.445 e. The number of sulfonamides is 1. The monoisotopic (exact) mass is 441 g/mol. The zero-order valence-corrected chi connectivity index (χ0v) is 18.3. The number of nitrogens with zero attached hydrogens (tertiary/aromatic N) is 1. The number of ether oxygens (including phenoxy) is 2. The molecule has 2 amide bonds. The number of hydrogen-bond donors (Lipinski definition) is 2. The molecule has 1 fully saturated rings. The van der Waals surface area contributed by atoms with Crippen molar-refractivity contribution >= 4 is 22.0 Å². The molecule has 1 heterocycles. The highest BCUT2D eigenvalue weighted by atomic mass is 32.2. The van der Waals surface area contributed by atoms with Crippen molar-refractivity contribution in [3.63, 3.8) is 0 Å². The Morgan fingerprint density at radius 1 is 1.23 bits per heavy atom. The molecule has 9 nitrogen and oxygen atoms in total. The topological polar surface area (TPSA) is 114 Å². The molecule has 2 N–H and O–H groups in total. The van der Waals surface area contributed by atoms with Gasteiger partial charge in [0.25, 0.3) is 0 Å². The number of piperidine rings is 1. The lowest BCUT2D eigenvalue weighted by Crippen LogP contribution is -2.56. The second-order valence-electron chi connectivity index (χ2n) is 7.34. The fraction of sp³-hybridized carbons (Fsp3) is 0.600. The van der Waals surface area contributed by atoms with Crippen LogP contribution in [0.15, 0.2) is 30.3 Å². The zero-order valence-electron chi connectivity index (χ0n) is 17.5. The average molecular weight is 442 g/mol. The van der Waals surface area contributed by atoms with E-state index in [1.54, 1.807) is 4.90 Å². The van der Waals surface area contributed by atoms with Crippen LogP contribution in [0.1, 0.15) is 31.2 Å². The standard InChI is InChI=1S/C20H31N3O6S/c1-28-13-11-18(22-20(25)29-15-16-8-4-3-5-9-16)19(24)23-12-7-6-10-17(23)14-21-30(2,26)27/h3-5,8-9,17-18,21H,6-7,10-15H2,1-2H3,(H,22,25). The summed E-state index contributed by atoms with van der Waals surface area (Å²) in [5, 5.41) is 2.64. The van der Waals surface area contributed by atoms with Crippen molar-refractivity contribution < 1.29 is 27.5 Å². The predicted octanol–water partition coefficient (Wildman–Crippen LogP) is 1.25. The lowest BCUT2D eigenvalue weighted by molar-refractivity contribution is -0.137. The van der Waals surface area contributed by atoms with E-state index < -0.39 is 22.2 Å². The summed E-state index contributed by atoms with van der Waals surface area (Å²) in [6.45, 7) is 1.05. The van der Waals surface area contributed by atoms with Gasteiger partial charge in [-0.25, -0.2) is 17.9 Å². The quantitative estimate of drug-likeness (QED) is 0.565. The Kier molecular flexibility index (Phi) is 9.54. The van der Waals surface area contributed by atoms with Gasteiger partial charge in [0.2, 0.25) is 15.9 Å². The van der Waals surface area contributed by atoms with E-state index in [9.17, 15) is 18.0 Å². The molecule has 2 rings (SSSR count). The zero-order chi connectivity index (χ0) is 22.0. The van der Waals surface area contributed by atoms with E-state index in [2.05, 4.69) is 10.0 Å². The number of nitrogens with one attached hydrogen (secondary N) is 2. The molecular formula is C20H31N3O6S. The fourth-order valence-corrected chi connectivity index (χ4v) is 3.85. The van der Waals surface area contributed by atoms with E-state index in [1.165, 1.54) is 7.11 Å². The molecule has 30 heavy (non-hydrogen) atoms.